The number of nitrogens with zero attached hydrogens (tertiary/aromatic N) is 5. The molecule has 2 aromatic heterocycles. The molecule has 0 spiro atoms. The average molecular weight is 457 g/mol. The van der Waals surface area contributed by atoms with E-state index < -0.39 is 12.1 Å². The number of aliphatic hydroxyl groups excluding tert-OH is 1. The molecule has 178 valence electrons. The van der Waals surface area contributed by atoms with Crippen molar-refractivity contribution in [2.45, 2.75) is 45.9 Å². The number of nitrogens with one attached hydrogen (secondary N) is 1. The first-order valence-electron chi connectivity index (χ1n) is 11.1. The van der Waals surface area contributed by atoms with Crippen LogP contribution in [0.15, 0.2) is 31.0 Å². The quantitative estimate of drug-likeness (QED) is 0.680. The summed E-state index contributed by atoms with van der Waals surface area (Å²) in [5.41, 5.74) is 1.70. The second-order valence-electron chi connectivity index (χ2n) is 8.81. The van der Waals surface area contributed by atoms with Gasteiger partial charge in [-0.1, -0.05) is 6.92 Å². The summed E-state index contributed by atoms with van der Waals surface area (Å²) in [7, 11) is 1.71. The predicted octanol–water partition coefficient (Wildman–Crippen LogP) is 1.81. The summed E-state index contributed by atoms with van der Waals surface area (Å²) >= 11 is 0. The SMILES string of the molecule is CC(C)NC(=O)N(C)C[C@H]1Oc2ncc(-c3cncnc3)cc2C(=O)N([C@@H](C)CO)C[C@H]1C. The lowest BCUT2D eigenvalue weighted by atomic mass is 9.99. The Balaban J connectivity index is 1.97. The van der Waals surface area contributed by atoms with Gasteiger partial charge in [-0.25, -0.2) is 19.7 Å². The summed E-state index contributed by atoms with van der Waals surface area (Å²) in [5, 5.41) is 12.7. The molecule has 0 unspecified atom stereocenters. The van der Waals surface area contributed by atoms with E-state index in [4.69, 9.17) is 4.74 Å². The van der Waals surface area contributed by atoms with E-state index in [1.54, 1.807) is 48.4 Å². The van der Waals surface area contributed by atoms with Gasteiger partial charge in [-0.15, -0.1) is 0 Å². The molecule has 3 amide bonds. The zero-order chi connectivity index (χ0) is 24.1. The van der Waals surface area contributed by atoms with Crippen LogP contribution >= 0.6 is 0 Å². The summed E-state index contributed by atoms with van der Waals surface area (Å²) in [6, 6.07) is 1.13. The average Bonchev–Trinajstić information content (AvgIpc) is 2.80. The molecule has 1 aliphatic rings. The van der Waals surface area contributed by atoms with Crippen LogP contribution in [0.25, 0.3) is 11.1 Å². The van der Waals surface area contributed by atoms with Crippen molar-refractivity contribution < 1.29 is 19.4 Å². The van der Waals surface area contributed by atoms with E-state index in [1.165, 1.54) is 6.33 Å². The number of pyridine rings is 1. The lowest BCUT2D eigenvalue weighted by Crippen LogP contribution is -2.51. The third-order valence-electron chi connectivity index (χ3n) is 5.63. The lowest BCUT2D eigenvalue weighted by molar-refractivity contribution is 0.0352. The van der Waals surface area contributed by atoms with Gasteiger partial charge < -0.3 is 25.0 Å². The Morgan fingerprint density at radius 2 is 1.97 bits per heavy atom. The van der Waals surface area contributed by atoms with Crippen LogP contribution in [0, 0.1) is 5.92 Å². The fourth-order valence-corrected chi connectivity index (χ4v) is 3.64. The molecule has 3 atom stereocenters. The zero-order valence-corrected chi connectivity index (χ0v) is 19.7. The van der Waals surface area contributed by atoms with E-state index in [9.17, 15) is 14.7 Å². The van der Waals surface area contributed by atoms with Crippen molar-refractivity contribution in [3.8, 4) is 17.0 Å². The number of carbonyl (C=O) groups excluding carboxylic acids is 2. The van der Waals surface area contributed by atoms with E-state index in [0.717, 1.165) is 5.56 Å². The number of carbonyl (C=O) groups is 2. The highest BCUT2D eigenvalue weighted by Gasteiger charge is 2.34. The van der Waals surface area contributed by atoms with Gasteiger partial charge in [0, 0.05) is 55.3 Å². The van der Waals surface area contributed by atoms with Crippen LogP contribution in [-0.4, -0.2) is 86.7 Å². The van der Waals surface area contributed by atoms with Crippen LogP contribution in [-0.2, 0) is 0 Å². The van der Waals surface area contributed by atoms with Crippen molar-refractivity contribution in [3.63, 3.8) is 0 Å². The maximum Gasteiger partial charge on any atom is 0.317 e. The van der Waals surface area contributed by atoms with E-state index in [1.807, 2.05) is 20.8 Å². The Labute approximate surface area is 194 Å². The van der Waals surface area contributed by atoms with E-state index in [0.29, 0.717) is 24.2 Å². The van der Waals surface area contributed by atoms with Gasteiger partial charge in [0.1, 0.15) is 18.0 Å². The molecule has 0 saturated heterocycles. The van der Waals surface area contributed by atoms with Crippen molar-refractivity contribution in [2.75, 3.05) is 26.7 Å². The van der Waals surface area contributed by atoms with Gasteiger partial charge in [0.05, 0.1) is 19.2 Å². The van der Waals surface area contributed by atoms with Crippen LogP contribution in [0.4, 0.5) is 4.79 Å². The summed E-state index contributed by atoms with van der Waals surface area (Å²) < 4.78 is 6.22. The third-order valence-corrected chi connectivity index (χ3v) is 5.63. The number of hydrogen-bond donors (Lipinski definition) is 2. The zero-order valence-electron chi connectivity index (χ0n) is 19.7. The lowest BCUT2D eigenvalue weighted by Gasteiger charge is -2.37. The monoisotopic (exact) mass is 456 g/mol. The molecule has 0 saturated carbocycles. The first-order valence-corrected chi connectivity index (χ1v) is 11.1. The number of ether oxygens (including phenoxy) is 1. The number of likely N-dealkylation sites (N-methyl/N-ethyl adjacent to an activating group) is 1. The highest BCUT2D eigenvalue weighted by atomic mass is 16.5. The highest BCUT2D eigenvalue weighted by Crippen LogP contribution is 2.30. The first kappa shape index (κ1) is 24.4. The molecular weight excluding hydrogens is 424 g/mol. The molecule has 0 aromatic carbocycles. The van der Waals surface area contributed by atoms with E-state index in [2.05, 4.69) is 20.3 Å². The van der Waals surface area contributed by atoms with E-state index in [-0.39, 0.29) is 36.4 Å². The fourth-order valence-electron chi connectivity index (χ4n) is 3.64. The van der Waals surface area contributed by atoms with Crippen molar-refractivity contribution in [3.05, 3.63) is 36.5 Å². The third kappa shape index (κ3) is 5.75. The minimum atomic E-state index is -0.411. The Kier molecular flexibility index (Phi) is 7.80. The molecular formula is C23H32N6O4. The number of hydrogen-bond acceptors (Lipinski definition) is 7. The fraction of sp³-hybridized carbons (Fsp3) is 0.522. The first-order chi connectivity index (χ1) is 15.7. The molecule has 0 fully saturated rings. The smallest absolute Gasteiger partial charge is 0.317 e. The number of urea groups is 1. The highest BCUT2D eigenvalue weighted by molar-refractivity contribution is 5.98. The minimum absolute atomic E-state index is 0.0110. The molecule has 3 rings (SSSR count). The summed E-state index contributed by atoms with van der Waals surface area (Å²) in [4.78, 5) is 41.6. The largest absolute Gasteiger partial charge is 0.472 e. The van der Waals surface area contributed by atoms with Gasteiger partial charge in [0.2, 0.25) is 5.88 Å². The molecule has 2 aromatic rings. The number of aromatic nitrogens is 3. The molecule has 10 nitrogen and oxygen atoms in total. The van der Waals surface area contributed by atoms with Crippen molar-refractivity contribution in [1.29, 1.82) is 0 Å². The van der Waals surface area contributed by atoms with Crippen LogP contribution in [0.3, 0.4) is 0 Å². The minimum Gasteiger partial charge on any atom is -0.472 e. The van der Waals surface area contributed by atoms with Crippen molar-refractivity contribution in [2.24, 2.45) is 5.92 Å². The number of amides is 3. The molecule has 0 aliphatic carbocycles. The van der Waals surface area contributed by atoms with Crippen LogP contribution in [0.1, 0.15) is 38.1 Å². The Hall–Kier alpha value is -3.27. The normalized spacial score (nSPS) is 19.2. The van der Waals surface area contributed by atoms with Gasteiger partial charge in [-0.3, -0.25) is 4.79 Å². The topological polar surface area (TPSA) is 121 Å². The number of rotatable bonds is 6. The second-order valence-corrected chi connectivity index (χ2v) is 8.81. The Bertz CT molecular complexity index is 971. The molecule has 0 bridgehead atoms. The number of aliphatic hydroxyl groups is 1. The molecule has 10 heteroatoms. The molecule has 3 heterocycles. The van der Waals surface area contributed by atoms with Crippen LogP contribution in [0.5, 0.6) is 5.88 Å². The maximum absolute atomic E-state index is 13.5. The molecule has 1 aliphatic heterocycles. The Morgan fingerprint density at radius 3 is 2.61 bits per heavy atom. The van der Waals surface area contributed by atoms with Gasteiger partial charge in [0.15, 0.2) is 0 Å². The van der Waals surface area contributed by atoms with Gasteiger partial charge in [-0.2, -0.15) is 0 Å². The Morgan fingerprint density at radius 1 is 1.27 bits per heavy atom. The van der Waals surface area contributed by atoms with Gasteiger partial charge in [0.25, 0.3) is 5.91 Å². The molecule has 0 radical (unpaired) electrons. The summed E-state index contributed by atoms with van der Waals surface area (Å²) in [5.74, 6) is -0.187. The maximum atomic E-state index is 13.5. The van der Waals surface area contributed by atoms with Gasteiger partial charge >= 0.3 is 6.03 Å². The standard InChI is InChI=1S/C23H32N6O4/c1-14(2)27-23(32)28(5)11-20-15(3)10-29(16(4)12-30)22(31)19-6-17(9-26-21(19)33-20)18-7-24-13-25-8-18/h6-9,13-16,20,30H,10-12H2,1-5H3,(H,27,32)/t15-,16+,20-/m1/s1. The van der Waals surface area contributed by atoms with Crippen molar-refractivity contribution >= 4 is 11.9 Å². The predicted molar refractivity (Wildman–Crippen MR) is 123 cm³/mol. The van der Waals surface area contributed by atoms with Crippen LogP contribution in [0.2, 0.25) is 0 Å². The summed E-state index contributed by atoms with van der Waals surface area (Å²) in [6.07, 6.45) is 5.93. The second kappa shape index (κ2) is 10.6. The summed E-state index contributed by atoms with van der Waals surface area (Å²) in [6.45, 7) is 8.06. The van der Waals surface area contributed by atoms with E-state index >= 15 is 0 Å². The molecule has 33 heavy (non-hydrogen) atoms. The van der Waals surface area contributed by atoms with Crippen LogP contribution < -0.4 is 10.1 Å². The number of fused-ring (bicyclic) bond motifs is 1. The molecule has 2 N–H and O–H groups in total. The van der Waals surface area contributed by atoms with Gasteiger partial charge in [-0.05, 0) is 26.8 Å². The van der Waals surface area contributed by atoms with Crippen molar-refractivity contribution in [1.82, 2.24) is 30.1 Å².